The molecule has 1 amide bonds. The van der Waals surface area contributed by atoms with E-state index in [1.54, 1.807) is 6.92 Å². The highest BCUT2D eigenvalue weighted by Gasteiger charge is 2.36. The molecule has 148 valence electrons. The number of nitrogens with zero attached hydrogens (tertiary/aromatic N) is 2. The number of rotatable bonds is 6. The zero-order chi connectivity index (χ0) is 20.2. The molecule has 7 nitrogen and oxygen atoms in total. The lowest BCUT2D eigenvalue weighted by atomic mass is 10.1. The average Bonchev–Trinajstić information content (AvgIpc) is 3.26. The predicted octanol–water partition coefficient (Wildman–Crippen LogP) is 2.95. The second-order valence-corrected chi connectivity index (χ2v) is 6.75. The van der Waals surface area contributed by atoms with Crippen molar-refractivity contribution in [2.75, 3.05) is 18.5 Å². The van der Waals surface area contributed by atoms with E-state index in [-0.39, 0.29) is 19.1 Å². The third-order valence-corrected chi connectivity index (χ3v) is 4.80. The van der Waals surface area contributed by atoms with Gasteiger partial charge >= 0.3 is 5.97 Å². The number of fused-ring (bicyclic) bond motifs is 1. The minimum atomic E-state index is -0.602. The summed E-state index contributed by atoms with van der Waals surface area (Å²) in [6.07, 6.45) is 2.36. The Morgan fingerprint density at radius 2 is 1.93 bits per heavy atom. The molecule has 2 N–H and O–H groups in total. The molecular weight excluding hydrogens is 368 g/mol. The van der Waals surface area contributed by atoms with E-state index in [1.807, 2.05) is 60.8 Å². The topological polar surface area (TPSA) is 86.8 Å². The number of aromatic amines is 1. The van der Waals surface area contributed by atoms with Crippen LogP contribution in [0.2, 0.25) is 0 Å². The minimum absolute atomic E-state index is 0.171. The van der Waals surface area contributed by atoms with Crippen LogP contribution >= 0.6 is 0 Å². The molecule has 1 aliphatic heterocycles. The zero-order valence-corrected chi connectivity index (χ0v) is 16.1. The van der Waals surface area contributed by atoms with Gasteiger partial charge in [0.05, 0.1) is 6.61 Å². The van der Waals surface area contributed by atoms with E-state index in [4.69, 9.17) is 4.74 Å². The molecule has 1 aliphatic rings. The Hall–Kier alpha value is -3.61. The first-order valence-corrected chi connectivity index (χ1v) is 9.57. The maximum atomic E-state index is 13.1. The Kier molecular flexibility index (Phi) is 5.29. The number of anilines is 1. The third kappa shape index (κ3) is 3.99. The molecule has 2 aromatic carbocycles. The van der Waals surface area contributed by atoms with Crippen LogP contribution < -0.4 is 5.32 Å². The number of guanidine groups is 1. The van der Waals surface area contributed by atoms with Crippen molar-refractivity contribution in [2.45, 2.75) is 19.4 Å². The second-order valence-electron chi connectivity index (χ2n) is 6.75. The normalized spacial score (nSPS) is 16.2. The molecule has 29 heavy (non-hydrogen) atoms. The molecule has 4 rings (SSSR count). The quantitative estimate of drug-likeness (QED) is 0.634. The summed E-state index contributed by atoms with van der Waals surface area (Å²) in [6.45, 7) is 1.83. The maximum Gasteiger partial charge on any atom is 0.326 e. The molecule has 7 heteroatoms. The van der Waals surface area contributed by atoms with E-state index < -0.39 is 12.0 Å². The largest absolute Gasteiger partial charge is 0.465 e. The summed E-state index contributed by atoms with van der Waals surface area (Å²) in [5, 5.41) is 4.22. The standard InChI is InChI=1S/C22H22N4O3/c1-2-29-20(27)14-26-21(28)19(25-22(26)24-16-8-4-3-5-9-16)12-15-13-23-18-11-7-6-10-17(15)18/h3-11,13,19,23H,2,12,14H2,1H3,(H,24,25). The number of aliphatic imine (C=N–C) groups is 1. The number of ether oxygens (including phenoxy) is 1. The monoisotopic (exact) mass is 390 g/mol. The first-order chi connectivity index (χ1) is 14.2. The lowest BCUT2D eigenvalue weighted by molar-refractivity contribution is -0.146. The van der Waals surface area contributed by atoms with Gasteiger partial charge in [0.1, 0.15) is 12.6 Å². The summed E-state index contributed by atoms with van der Waals surface area (Å²) >= 11 is 0. The van der Waals surface area contributed by atoms with Gasteiger partial charge < -0.3 is 15.0 Å². The van der Waals surface area contributed by atoms with Gasteiger partial charge in [-0.25, -0.2) is 4.99 Å². The van der Waals surface area contributed by atoms with Crippen molar-refractivity contribution < 1.29 is 14.3 Å². The lowest BCUT2D eigenvalue weighted by Crippen LogP contribution is -2.42. The fourth-order valence-electron chi connectivity index (χ4n) is 3.44. The van der Waals surface area contributed by atoms with Crippen molar-refractivity contribution in [3.05, 3.63) is 66.4 Å². The van der Waals surface area contributed by atoms with E-state index in [9.17, 15) is 9.59 Å². The van der Waals surface area contributed by atoms with E-state index >= 15 is 0 Å². The van der Waals surface area contributed by atoms with Gasteiger partial charge in [0, 0.05) is 29.2 Å². The number of benzene rings is 2. The molecule has 0 radical (unpaired) electrons. The van der Waals surface area contributed by atoms with Crippen LogP contribution in [-0.4, -0.2) is 46.9 Å². The highest BCUT2D eigenvalue weighted by Crippen LogP contribution is 2.23. The summed E-state index contributed by atoms with van der Waals surface area (Å²) in [4.78, 5) is 34.3. The van der Waals surface area contributed by atoms with Crippen LogP contribution in [0, 0.1) is 0 Å². The second kappa shape index (κ2) is 8.18. The summed E-state index contributed by atoms with van der Waals surface area (Å²) in [7, 11) is 0. The van der Waals surface area contributed by atoms with Crippen LogP contribution in [0.25, 0.3) is 10.9 Å². The number of carbonyl (C=O) groups is 2. The van der Waals surface area contributed by atoms with E-state index in [1.165, 1.54) is 4.90 Å². The number of para-hydroxylation sites is 2. The van der Waals surface area contributed by atoms with Gasteiger partial charge in [0.15, 0.2) is 0 Å². The molecular formula is C22H22N4O3. The van der Waals surface area contributed by atoms with Crippen LogP contribution in [0.5, 0.6) is 0 Å². The van der Waals surface area contributed by atoms with E-state index in [0.717, 1.165) is 22.2 Å². The molecule has 1 aromatic heterocycles. The molecule has 0 fully saturated rings. The van der Waals surface area contributed by atoms with Crippen LogP contribution in [0.15, 0.2) is 65.8 Å². The Balaban J connectivity index is 1.59. The van der Waals surface area contributed by atoms with Gasteiger partial charge in [-0.3, -0.25) is 14.5 Å². The molecule has 0 saturated carbocycles. The molecule has 0 aliphatic carbocycles. The van der Waals surface area contributed by atoms with Crippen molar-refractivity contribution in [1.82, 2.24) is 9.88 Å². The van der Waals surface area contributed by atoms with Crippen LogP contribution in [-0.2, 0) is 20.7 Å². The smallest absolute Gasteiger partial charge is 0.326 e. The zero-order valence-electron chi connectivity index (χ0n) is 16.1. The van der Waals surface area contributed by atoms with Gasteiger partial charge in [-0.1, -0.05) is 36.4 Å². The van der Waals surface area contributed by atoms with E-state index in [2.05, 4.69) is 15.3 Å². The van der Waals surface area contributed by atoms with Crippen molar-refractivity contribution in [3.8, 4) is 0 Å². The summed E-state index contributed by atoms with van der Waals surface area (Å²) in [6, 6.07) is 16.8. The van der Waals surface area contributed by atoms with Crippen molar-refractivity contribution in [1.29, 1.82) is 0 Å². The number of hydrogen-bond acceptors (Lipinski definition) is 5. The van der Waals surface area contributed by atoms with Gasteiger partial charge in [-0.05, 0) is 30.7 Å². The summed E-state index contributed by atoms with van der Waals surface area (Å²) < 4.78 is 5.03. The van der Waals surface area contributed by atoms with Gasteiger partial charge in [-0.2, -0.15) is 0 Å². The number of hydrogen-bond donors (Lipinski definition) is 2. The SMILES string of the molecule is CCOC(=O)CN1C(=O)C(Cc2c[nH]c3ccccc23)N=C1Nc1ccccc1. The summed E-state index contributed by atoms with van der Waals surface area (Å²) in [5.41, 5.74) is 2.82. The maximum absolute atomic E-state index is 13.1. The predicted molar refractivity (Wildman–Crippen MR) is 112 cm³/mol. The number of carbonyl (C=O) groups excluding carboxylic acids is 2. The van der Waals surface area contributed by atoms with Gasteiger partial charge in [0.2, 0.25) is 5.96 Å². The van der Waals surface area contributed by atoms with Crippen molar-refractivity contribution >= 4 is 34.4 Å². The lowest BCUT2D eigenvalue weighted by Gasteiger charge is -2.19. The fraction of sp³-hybridized carbons (Fsp3) is 0.227. The number of esters is 1. The van der Waals surface area contributed by atoms with Crippen molar-refractivity contribution in [3.63, 3.8) is 0 Å². The Labute approximate surface area is 168 Å². The third-order valence-electron chi connectivity index (χ3n) is 4.80. The average molecular weight is 390 g/mol. The molecule has 1 atom stereocenters. The number of H-pyrrole nitrogens is 1. The molecule has 1 unspecified atom stereocenters. The number of nitrogens with one attached hydrogen (secondary N) is 2. The molecule has 2 heterocycles. The summed E-state index contributed by atoms with van der Waals surface area (Å²) in [5.74, 6) is -0.322. The van der Waals surface area contributed by atoms with E-state index in [0.29, 0.717) is 12.4 Å². The molecule has 0 bridgehead atoms. The minimum Gasteiger partial charge on any atom is -0.465 e. The highest BCUT2D eigenvalue weighted by atomic mass is 16.5. The van der Waals surface area contributed by atoms with Crippen LogP contribution in [0.4, 0.5) is 5.69 Å². The van der Waals surface area contributed by atoms with Crippen LogP contribution in [0.3, 0.4) is 0 Å². The van der Waals surface area contributed by atoms with Crippen molar-refractivity contribution in [2.24, 2.45) is 4.99 Å². The Morgan fingerprint density at radius 3 is 2.72 bits per heavy atom. The fourth-order valence-corrected chi connectivity index (χ4v) is 3.44. The molecule has 0 saturated heterocycles. The molecule has 0 spiro atoms. The van der Waals surface area contributed by atoms with Gasteiger partial charge in [0.25, 0.3) is 5.91 Å². The van der Waals surface area contributed by atoms with Gasteiger partial charge in [-0.15, -0.1) is 0 Å². The number of amides is 1. The Bertz CT molecular complexity index is 1060. The first-order valence-electron chi connectivity index (χ1n) is 9.57. The Morgan fingerprint density at radius 1 is 1.17 bits per heavy atom. The highest BCUT2D eigenvalue weighted by molar-refractivity contribution is 6.12. The van der Waals surface area contributed by atoms with Crippen LogP contribution in [0.1, 0.15) is 12.5 Å². The first kappa shape index (κ1) is 18.7. The number of aromatic nitrogens is 1. The molecule has 3 aromatic rings.